The molecule has 10 heteroatoms. The molecule has 0 heterocycles. The summed E-state index contributed by atoms with van der Waals surface area (Å²) in [4.78, 5) is 10.2. The van der Waals surface area contributed by atoms with E-state index in [0.717, 1.165) is 17.6 Å². The van der Waals surface area contributed by atoms with E-state index in [1.165, 1.54) is 0 Å². The molecule has 0 amide bonds. The summed E-state index contributed by atoms with van der Waals surface area (Å²) in [6.07, 6.45) is 0.832. The van der Waals surface area contributed by atoms with Gasteiger partial charge in [0.05, 0.1) is 12.9 Å². The molecule has 0 unspecified atom stereocenters. The van der Waals surface area contributed by atoms with Gasteiger partial charge in [0.2, 0.25) is 10.0 Å². The minimum absolute atomic E-state index is 0.233. The number of hydrogen-bond acceptors (Lipinski definition) is 6. The van der Waals surface area contributed by atoms with Gasteiger partial charge >= 0.3 is 5.97 Å². The summed E-state index contributed by atoms with van der Waals surface area (Å²) < 4.78 is 48.6. The molecular formula is C6H13NO7S2. The normalized spacial score (nSPS) is 12.9. The molecular weight excluding hydrogens is 262 g/mol. The van der Waals surface area contributed by atoms with Crippen LogP contribution in [0.5, 0.6) is 0 Å². The van der Waals surface area contributed by atoms with Gasteiger partial charge in [-0.05, 0) is 0 Å². The van der Waals surface area contributed by atoms with Gasteiger partial charge in [0.1, 0.15) is 0 Å². The van der Waals surface area contributed by atoms with Crippen molar-refractivity contribution in [3.8, 4) is 0 Å². The van der Waals surface area contributed by atoms with Crippen LogP contribution < -0.4 is 0 Å². The molecule has 0 aromatic rings. The Morgan fingerprint density at radius 2 is 1.81 bits per heavy atom. The molecule has 0 bridgehead atoms. The van der Waals surface area contributed by atoms with Crippen molar-refractivity contribution in [2.75, 3.05) is 32.2 Å². The van der Waals surface area contributed by atoms with Crippen molar-refractivity contribution in [1.29, 1.82) is 0 Å². The van der Waals surface area contributed by atoms with E-state index in [2.05, 4.69) is 4.18 Å². The van der Waals surface area contributed by atoms with Crippen LogP contribution in [0.25, 0.3) is 0 Å². The van der Waals surface area contributed by atoms with Gasteiger partial charge in [-0.2, -0.15) is 8.42 Å². The highest BCUT2D eigenvalue weighted by molar-refractivity contribution is 7.89. The van der Waals surface area contributed by atoms with Gasteiger partial charge < -0.3 is 5.11 Å². The zero-order valence-electron chi connectivity index (χ0n) is 8.78. The highest BCUT2D eigenvalue weighted by atomic mass is 32.2. The molecule has 0 spiro atoms. The van der Waals surface area contributed by atoms with Gasteiger partial charge in [-0.1, -0.05) is 0 Å². The van der Waals surface area contributed by atoms with Crippen molar-refractivity contribution in [3.63, 3.8) is 0 Å². The van der Waals surface area contributed by atoms with E-state index < -0.39 is 31.9 Å². The van der Waals surface area contributed by atoms with Crippen molar-refractivity contribution < 1.29 is 30.9 Å². The topological polar surface area (TPSA) is 118 Å². The third kappa shape index (κ3) is 6.71. The number of rotatable bonds is 7. The fourth-order valence-electron chi connectivity index (χ4n) is 0.723. The Balaban J connectivity index is 4.26. The molecule has 8 nitrogen and oxygen atoms in total. The summed E-state index contributed by atoms with van der Waals surface area (Å²) in [6.45, 7) is -0.586. The monoisotopic (exact) mass is 275 g/mol. The lowest BCUT2D eigenvalue weighted by atomic mass is 10.7. The van der Waals surface area contributed by atoms with Crippen LogP contribution in [0.2, 0.25) is 0 Å². The highest BCUT2D eigenvalue weighted by Gasteiger charge is 2.21. The van der Waals surface area contributed by atoms with Crippen LogP contribution in [-0.2, 0) is 29.1 Å². The zero-order valence-corrected chi connectivity index (χ0v) is 10.4. The number of sulfonamides is 1. The van der Waals surface area contributed by atoms with Crippen molar-refractivity contribution in [2.45, 2.75) is 0 Å². The fourth-order valence-corrected chi connectivity index (χ4v) is 1.98. The van der Waals surface area contributed by atoms with Gasteiger partial charge in [0.25, 0.3) is 10.1 Å². The van der Waals surface area contributed by atoms with E-state index in [4.69, 9.17) is 5.11 Å². The Morgan fingerprint density at radius 1 is 1.31 bits per heavy atom. The number of carbonyl (C=O) groups is 1. The van der Waals surface area contributed by atoms with Crippen molar-refractivity contribution >= 4 is 26.1 Å². The molecule has 96 valence electrons. The molecule has 0 aliphatic heterocycles. The van der Waals surface area contributed by atoms with Crippen LogP contribution >= 0.6 is 0 Å². The predicted octanol–water partition coefficient (Wildman–Crippen LogP) is -1.69. The van der Waals surface area contributed by atoms with Gasteiger partial charge in [0.15, 0.2) is 5.75 Å². The molecule has 0 aromatic carbocycles. The largest absolute Gasteiger partial charge is 0.480 e. The smallest absolute Gasteiger partial charge is 0.320 e. The predicted molar refractivity (Wildman–Crippen MR) is 54.8 cm³/mol. The number of aliphatic carboxylic acids is 1. The molecule has 0 radical (unpaired) electrons. The third-order valence-corrected chi connectivity index (χ3v) is 3.82. The van der Waals surface area contributed by atoms with Gasteiger partial charge in [0, 0.05) is 13.6 Å². The highest BCUT2D eigenvalue weighted by Crippen LogP contribution is 1.98. The molecule has 0 rings (SSSR count). The van der Waals surface area contributed by atoms with Crippen molar-refractivity contribution in [1.82, 2.24) is 4.31 Å². The van der Waals surface area contributed by atoms with E-state index in [9.17, 15) is 21.6 Å². The second kappa shape index (κ2) is 5.57. The Hall–Kier alpha value is -0.710. The Labute approximate surface area is 94.0 Å². The fraction of sp³-hybridized carbons (Fsp3) is 0.833. The van der Waals surface area contributed by atoms with Crippen molar-refractivity contribution in [3.05, 3.63) is 0 Å². The molecule has 0 atom stereocenters. The standard InChI is InChI=1S/C6H13NO7S2/c1-7(3-4-14-15(2,10)11)16(12,13)5-6(8)9/h3-5H2,1-2H3,(H,8,9). The lowest BCUT2D eigenvalue weighted by Gasteiger charge is -2.14. The van der Waals surface area contributed by atoms with E-state index in [0.29, 0.717) is 0 Å². The van der Waals surface area contributed by atoms with Crippen LogP contribution in [0.1, 0.15) is 0 Å². The maximum atomic E-state index is 11.2. The second-order valence-electron chi connectivity index (χ2n) is 3.00. The van der Waals surface area contributed by atoms with E-state index in [1.807, 2.05) is 0 Å². The molecule has 0 aromatic heterocycles. The number of carboxylic acids is 1. The van der Waals surface area contributed by atoms with Crippen LogP contribution in [-0.4, -0.2) is 64.4 Å². The summed E-state index contributed by atoms with van der Waals surface area (Å²) in [5.74, 6) is -2.52. The SMILES string of the molecule is CN(CCOS(C)(=O)=O)S(=O)(=O)CC(=O)O. The maximum Gasteiger partial charge on any atom is 0.320 e. The third-order valence-electron chi connectivity index (χ3n) is 1.48. The maximum absolute atomic E-state index is 11.2. The minimum Gasteiger partial charge on any atom is -0.480 e. The first-order valence-electron chi connectivity index (χ1n) is 4.05. The minimum atomic E-state index is -3.92. The molecule has 0 fully saturated rings. The quantitative estimate of drug-likeness (QED) is 0.550. The zero-order chi connectivity index (χ0) is 13.0. The summed E-state index contributed by atoms with van der Waals surface area (Å²) in [7, 11) is -6.40. The summed E-state index contributed by atoms with van der Waals surface area (Å²) >= 11 is 0. The molecule has 0 saturated carbocycles. The lowest BCUT2D eigenvalue weighted by molar-refractivity contribution is -0.134. The van der Waals surface area contributed by atoms with Crippen molar-refractivity contribution in [2.24, 2.45) is 0 Å². The Kier molecular flexibility index (Phi) is 5.32. The molecule has 16 heavy (non-hydrogen) atoms. The van der Waals surface area contributed by atoms with E-state index >= 15 is 0 Å². The van der Waals surface area contributed by atoms with E-state index in [-0.39, 0.29) is 13.2 Å². The Bertz CT molecular complexity index is 437. The average Bonchev–Trinajstić information content (AvgIpc) is 1.98. The van der Waals surface area contributed by atoms with Crippen LogP contribution in [0.4, 0.5) is 0 Å². The number of hydrogen-bond donors (Lipinski definition) is 1. The molecule has 1 N–H and O–H groups in total. The number of nitrogens with zero attached hydrogens (tertiary/aromatic N) is 1. The van der Waals surface area contributed by atoms with Crippen LogP contribution in [0.15, 0.2) is 0 Å². The summed E-state index contributed by atoms with van der Waals surface area (Å²) in [5, 5.41) is 8.32. The summed E-state index contributed by atoms with van der Waals surface area (Å²) in [5.41, 5.74) is 0. The first-order chi connectivity index (χ1) is 7.04. The Morgan fingerprint density at radius 3 is 2.19 bits per heavy atom. The first-order valence-corrected chi connectivity index (χ1v) is 7.47. The lowest BCUT2D eigenvalue weighted by Crippen LogP contribution is -2.34. The van der Waals surface area contributed by atoms with Gasteiger partial charge in [-0.25, -0.2) is 12.7 Å². The molecule has 0 saturated heterocycles. The van der Waals surface area contributed by atoms with E-state index in [1.54, 1.807) is 0 Å². The van der Waals surface area contributed by atoms with Crippen LogP contribution in [0.3, 0.4) is 0 Å². The second-order valence-corrected chi connectivity index (χ2v) is 6.72. The van der Waals surface area contributed by atoms with Gasteiger partial charge in [-0.15, -0.1) is 0 Å². The average molecular weight is 275 g/mol. The van der Waals surface area contributed by atoms with Gasteiger partial charge in [-0.3, -0.25) is 8.98 Å². The van der Waals surface area contributed by atoms with Crippen LogP contribution in [0, 0.1) is 0 Å². The number of carboxylic acid groups (broad SMARTS) is 1. The first kappa shape index (κ1) is 15.3. The molecule has 0 aliphatic rings. The molecule has 0 aliphatic carbocycles. The number of likely N-dealkylation sites (N-methyl/N-ethyl adjacent to an activating group) is 1. The summed E-state index contributed by atoms with van der Waals surface area (Å²) in [6, 6.07) is 0.